The molecule has 0 atom stereocenters. The molecule has 1 aromatic heterocycles. The molecule has 0 aliphatic heterocycles. The largest absolute Gasteiger partial charge is 0.428 e. The molecule has 0 spiro atoms. The Bertz CT molecular complexity index is 395. The lowest BCUT2D eigenvalue weighted by Gasteiger charge is -2.25. The first-order valence-electron chi connectivity index (χ1n) is 5.02. The molecule has 15 heavy (non-hydrogen) atoms. The molecule has 0 radical (unpaired) electrons. The molecule has 1 heterocycles. The van der Waals surface area contributed by atoms with E-state index in [9.17, 15) is 0 Å². The Hall–Kier alpha value is -1.77. The van der Waals surface area contributed by atoms with Gasteiger partial charge in [-0.1, -0.05) is 18.2 Å². The van der Waals surface area contributed by atoms with Gasteiger partial charge < -0.3 is 9.32 Å². The number of anilines is 2. The number of rotatable bonds is 3. The Labute approximate surface area is 89.4 Å². The molecule has 78 valence electrons. The van der Waals surface area contributed by atoms with Gasteiger partial charge in [0.05, 0.1) is 6.20 Å². The maximum absolute atomic E-state index is 5.33. The minimum Gasteiger partial charge on any atom is -0.428 e. The van der Waals surface area contributed by atoms with Gasteiger partial charge >= 0.3 is 0 Å². The van der Waals surface area contributed by atoms with Crippen molar-refractivity contribution >= 4 is 11.6 Å². The van der Waals surface area contributed by atoms with Crippen molar-refractivity contribution in [2.75, 3.05) is 4.90 Å². The van der Waals surface area contributed by atoms with Crippen LogP contribution in [0, 0.1) is 0 Å². The van der Waals surface area contributed by atoms with Crippen molar-refractivity contribution in [3.05, 3.63) is 42.9 Å². The van der Waals surface area contributed by atoms with Crippen LogP contribution in [-0.2, 0) is 0 Å². The molecule has 1 aromatic carbocycles. The van der Waals surface area contributed by atoms with E-state index in [0.717, 1.165) is 11.6 Å². The third-order valence-corrected chi connectivity index (χ3v) is 2.21. The van der Waals surface area contributed by atoms with Crippen molar-refractivity contribution in [3.8, 4) is 0 Å². The van der Waals surface area contributed by atoms with Gasteiger partial charge in [-0.25, -0.2) is 4.98 Å². The first kappa shape index (κ1) is 9.77. The monoisotopic (exact) mass is 202 g/mol. The molecule has 0 aliphatic carbocycles. The zero-order valence-corrected chi connectivity index (χ0v) is 8.92. The summed E-state index contributed by atoms with van der Waals surface area (Å²) in [6.45, 7) is 4.24. The lowest BCUT2D eigenvalue weighted by atomic mass is 10.2. The number of oxazole rings is 1. The average molecular weight is 202 g/mol. The van der Waals surface area contributed by atoms with Crippen molar-refractivity contribution in [1.29, 1.82) is 0 Å². The summed E-state index contributed by atoms with van der Waals surface area (Å²) in [5, 5.41) is 0. The topological polar surface area (TPSA) is 29.3 Å². The first-order valence-corrected chi connectivity index (χ1v) is 5.02. The van der Waals surface area contributed by atoms with E-state index in [1.807, 2.05) is 18.2 Å². The van der Waals surface area contributed by atoms with Crippen LogP contribution in [0.2, 0.25) is 0 Å². The third-order valence-electron chi connectivity index (χ3n) is 2.21. The van der Waals surface area contributed by atoms with E-state index >= 15 is 0 Å². The Kier molecular flexibility index (Phi) is 2.72. The van der Waals surface area contributed by atoms with Crippen molar-refractivity contribution in [2.24, 2.45) is 0 Å². The maximum Gasteiger partial charge on any atom is 0.220 e. The van der Waals surface area contributed by atoms with Gasteiger partial charge in [-0.3, -0.25) is 0 Å². The number of aromatic nitrogens is 1. The molecule has 0 N–H and O–H groups in total. The third kappa shape index (κ3) is 2.01. The predicted molar refractivity (Wildman–Crippen MR) is 60.2 cm³/mol. The fraction of sp³-hybridized carbons (Fsp3) is 0.250. The Morgan fingerprint density at radius 2 is 1.93 bits per heavy atom. The van der Waals surface area contributed by atoms with Gasteiger partial charge in [-0.15, -0.1) is 0 Å². The molecule has 0 amide bonds. The first-order chi connectivity index (χ1) is 7.29. The number of hydrogen-bond donors (Lipinski definition) is 0. The smallest absolute Gasteiger partial charge is 0.220 e. The van der Waals surface area contributed by atoms with Gasteiger partial charge in [0.25, 0.3) is 0 Å². The number of para-hydroxylation sites is 1. The fourth-order valence-electron chi connectivity index (χ4n) is 1.60. The lowest BCUT2D eigenvalue weighted by Crippen LogP contribution is -2.24. The fourth-order valence-corrected chi connectivity index (χ4v) is 1.60. The highest BCUT2D eigenvalue weighted by molar-refractivity contribution is 5.58. The summed E-state index contributed by atoms with van der Waals surface area (Å²) in [5.41, 5.74) is 1.12. The second-order valence-corrected chi connectivity index (χ2v) is 3.64. The molecule has 2 rings (SSSR count). The highest BCUT2D eigenvalue weighted by Gasteiger charge is 2.15. The van der Waals surface area contributed by atoms with Gasteiger partial charge in [-0.05, 0) is 26.0 Å². The predicted octanol–water partition coefficient (Wildman–Crippen LogP) is 3.22. The molecule has 0 fully saturated rings. The van der Waals surface area contributed by atoms with Crippen molar-refractivity contribution in [2.45, 2.75) is 19.9 Å². The highest BCUT2D eigenvalue weighted by atomic mass is 16.4. The van der Waals surface area contributed by atoms with Crippen LogP contribution < -0.4 is 4.90 Å². The summed E-state index contributed by atoms with van der Waals surface area (Å²) >= 11 is 0. The highest BCUT2D eigenvalue weighted by Crippen LogP contribution is 2.26. The van der Waals surface area contributed by atoms with Gasteiger partial charge in [0.1, 0.15) is 0 Å². The second kappa shape index (κ2) is 4.17. The van der Waals surface area contributed by atoms with Gasteiger partial charge in [-0.2, -0.15) is 0 Å². The molecular weight excluding hydrogens is 188 g/mol. The normalized spacial score (nSPS) is 10.6. The van der Waals surface area contributed by atoms with E-state index in [4.69, 9.17) is 4.42 Å². The maximum atomic E-state index is 5.33. The van der Waals surface area contributed by atoms with E-state index in [0.29, 0.717) is 6.04 Å². The van der Waals surface area contributed by atoms with Crippen molar-refractivity contribution < 1.29 is 4.42 Å². The number of benzene rings is 1. The molecule has 0 saturated heterocycles. The van der Waals surface area contributed by atoms with Crippen LogP contribution >= 0.6 is 0 Å². The Balaban J connectivity index is 2.37. The Morgan fingerprint density at radius 3 is 2.47 bits per heavy atom. The molecular formula is C12H14N2O. The van der Waals surface area contributed by atoms with Gasteiger partial charge in [0.2, 0.25) is 5.88 Å². The van der Waals surface area contributed by atoms with E-state index in [-0.39, 0.29) is 0 Å². The molecule has 3 nitrogen and oxygen atoms in total. The van der Waals surface area contributed by atoms with Crippen LogP contribution in [0.15, 0.2) is 47.3 Å². The van der Waals surface area contributed by atoms with E-state index in [1.54, 1.807) is 6.20 Å². The molecule has 0 bridgehead atoms. The molecule has 3 heteroatoms. The minimum atomic E-state index is 0.334. The SMILES string of the molecule is CC(C)N(c1ccccc1)c1cnco1. The quantitative estimate of drug-likeness (QED) is 0.765. The summed E-state index contributed by atoms with van der Waals surface area (Å²) in [4.78, 5) is 6.05. The zero-order chi connectivity index (χ0) is 10.7. The van der Waals surface area contributed by atoms with Gasteiger partial charge in [0, 0.05) is 11.7 Å². The standard InChI is InChI=1S/C12H14N2O/c1-10(2)14(12-8-13-9-15-12)11-6-4-3-5-7-11/h3-10H,1-2H3. The number of hydrogen-bond acceptors (Lipinski definition) is 3. The van der Waals surface area contributed by atoms with Crippen LogP contribution in [-0.4, -0.2) is 11.0 Å². The molecule has 0 unspecified atom stereocenters. The summed E-state index contributed by atoms with van der Waals surface area (Å²) in [5.74, 6) is 0.774. The van der Waals surface area contributed by atoms with Crippen LogP contribution in [0.1, 0.15) is 13.8 Å². The van der Waals surface area contributed by atoms with Crippen LogP contribution in [0.4, 0.5) is 11.6 Å². The minimum absolute atomic E-state index is 0.334. The van der Waals surface area contributed by atoms with Crippen LogP contribution in [0.5, 0.6) is 0 Å². The average Bonchev–Trinajstić information content (AvgIpc) is 2.72. The number of nitrogens with zero attached hydrogens (tertiary/aromatic N) is 2. The van der Waals surface area contributed by atoms with Crippen molar-refractivity contribution in [1.82, 2.24) is 4.98 Å². The zero-order valence-electron chi connectivity index (χ0n) is 8.92. The van der Waals surface area contributed by atoms with Gasteiger partial charge in [0.15, 0.2) is 6.39 Å². The molecule has 0 saturated carbocycles. The molecule has 0 aliphatic rings. The molecule has 2 aromatic rings. The Morgan fingerprint density at radius 1 is 1.20 bits per heavy atom. The summed E-state index contributed by atoms with van der Waals surface area (Å²) in [7, 11) is 0. The van der Waals surface area contributed by atoms with Crippen molar-refractivity contribution in [3.63, 3.8) is 0 Å². The van der Waals surface area contributed by atoms with Crippen LogP contribution in [0.3, 0.4) is 0 Å². The van der Waals surface area contributed by atoms with Crippen LogP contribution in [0.25, 0.3) is 0 Å². The summed E-state index contributed by atoms with van der Waals surface area (Å²) < 4.78 is 5.33. The summed E-state index contributed by atoms with van der Waals surface area (Å²) in [6.07, 6.45) is 3.18. The van der Waals surface area contributed by atoms with E-state index in [2.05, 4.69) is 35.9 Å². The lowest BCUT2D eigenvalue weighted by molar-refractivity contribution is 0.542. The second-order valence-electron chi connectivity index (χ2n) is 3.64. The van der Waals surface area contributed by atoms with E-state index < -0.39 is 0 Å². The van der Waals surface area contributed by atoms with E-state index in [1.165, 1.54) is 6.39 Å². The summed E-state index contributed by atoms with van der Waals surface area (Å²) in [6, 6.07) is 10.5.